The number of aromatic nitrogens is 1. The first-order valence-electron chi connectivity index (χ1n) is 7.63. The van der Waals surface area contributed by atoms with Gasteiger partial charge in [-0.1, -0.05) is 18.2 Å². The van der Waals surface area contributed by atoms with Crippen LogP contribution in [0.5, 0.6) is 0 Å². The first-order valence-corrected chi connectivity index (χ1v) is 9.07. The van der Waals surface area contributed by atoms with Crippen LogP contribution >= 0.6 is 0 Å². The molecule has 2 N–H and O–H groups in total. The molecule has 0 bridgehead atoms. The summed E-state index contributed by atoms with van der Waals surface area (Å²) in [6, 6.07) is 7.67. The Hall–Kier alpha value is -1.37. The number of nitrogens with two attached hydrogens (primary N) is 1. The standard InChI is InChI=1S/C16H23N3O2S/c1-11(17)13-8-9-19(10-13)22(20,21)16-12(2)18(3)15-7-5-4-6-14(15)16/h4-7,11,13H,8-10,17H2,1-3H3. The van der Waals surface area contributed by atoms with Gasteiger partial charge in [0.1, 0.15) is 4.90 Å². The summed E-state index contributed by atoms with van der Waals surface area (Å²) < 4.78 is 29.8. The first kappa shape index (κ1) is 15.5. The molecule has 0 amide bonds. The van der Waals surface area contributed by atoms with Gasteiger partial charge in [-0.2, -0.15) is 4.31 Å². The van der Waals surface area contributed by atoms with Crippen molar-refractivity contribution in [3.05, 3.63) is 30.0 Å². The van der Waals surface area contributed by atoms with Crippen molar-refractivity contribution >= 4 is 20.9 Å². The fourth-order valence-corrected chi connectivity index (χ4v) is 5.29. The Morgan fingerprint density at radius 1 is 1.32 bits per heavy atom. The van der Waals surface area contributed by atoms with Crippen LogP contribution in [0, 0.1) is 12.8 Å². The van der Waals surface area contributed by atoms with E-state index in [-0.39, 0.29) is 12.0 Å². The lowest BCUT2D eigenvalue weighted by molar-refractivity contribution is 0.429. The highest BCUT2D eigenvalue weighted by atomic mass is 32.2. The molecule has 3 rings (SSSR count). The third kappa shape index (κ3) is 2.26. The van der Waals surface area contributed by atoms with Gasteiger partial charge in [0.05, 0.1) is 0 Å². The average Bonchev–Trinajstić information content (AvgIpc) is 3.05. The number of sulfonamides is 1. The first-order chi connectivity index (χ1) is 10.3. The molecule has 6 heteroatoms. The van der Waals surface area contributed by atoms with Crippen molar-refractivity contribution in [2.75, 3.05) is 13.1 Å². The van der Waals surface area contributed by atoms with Crippen molar-refractivity contribution in [2.24, 2.45) is 18.7 Å². The van der Waals surface area contributed by atoms with Gasteiger partial charge in [-0.05, 0) is 32.3 Å². The van der Waals surface area contributed by atoms with Crippen LogP contribution in [0.25, 0.3) is 10.9 Å². The van der Waals surface area contributed by atoms with E-state index in [1.807, 2.05) is 49.7 Å². The topological polar surface area (TPSA) is 68.3 Å². The maximum atomic E-state index is 13.1. The zero-order chi connectivity index (χ0) is 16.1. The Morgan fingerprint density at radius 3 is 2.64 bits per heavy atom. The Morgan fingerprint density at radius 2 is 2.00 bits per heavy atom. The summed E-state index contributed by atoms with van der Waals surface area (Å²) in [5, 5.41) is 0.798. The number of aryl methyl sites for hydroxylation is 1. The molecule has 0 aliphatic carbocycles. The van der Waals surface area contributed by atoms with E-state index in [9.17, 15) is 8.42 Å². The van der Waals surface area contributed by atoms with E-state index in [4.69, 9.17) is 5.73 Å². The second-order valence-electron chi connectivity index (χ2n) is 6.26. The zero-order valence-corrected chi connectivity index (χ0v) is 14.1. The molecule has 1 saturated heterocycles. The maximum absolute atomic E-state index is 13.1. The minimum atomic E-state index is -3.48. The van der Waals surface area contributed by atoms with Crippen LogP contribution in [-0.4, -0.2) is 36.4 Å². The highest BCUT2D eigenvalue weighted by Gasteiger charge is 2.36. The Kier molecular flexibility index (Phi) is 3.79. The van der Waals surface area contributed by atoms with Gasteiger partial charge in [0.15, 0.2) is 0 Å². The average molecular weight is 321 g/mol. The second-order valence-corrected chi connectivity index (χ2v) is 8.14. The Bertz CT molecular complexity index is 808. The maximum Gasteiger partial charge on any atom is 0.245 e. The summed E-state index contributed by atoms with van der Waals surface area (Å²) >= 11 is 0. The molecule has 5 nitrogen and oxygen atoms in total. The number of nitrogens with zero attached hydrogens (tertiary/aromatic N) is 2. The van der Waals surface area contributed by atoms with Crippen LogP contribution < -0.4 is 5.73 Å². The van der Waals surface area contributed by atoms with Crippen molar-refractivity contribution < 1.29 is 8.42 Å². The third-order valence-electron chi connectivity index (χ3n) is 4.87. The smallest absolute Gasteiger partial charge is 0.245 e. The number of rotatable bonds is 3. The molecule has 120 valence electrons. The number of hydrogen-bond donors (Lipinski definition) is 1. The van der Waals surface area contributed by atoms with E-state index in [1.165, 1.54) is 0 Å². The molecule has 2 unspecified atom stereocenters. The molecule has 1 fully saturated rings. The van der Waals surface area contributed by atoms with E-state index < -0.39 is 10.0 Å². The number of fused-ring (bicyclic) bond motifs is 1. The van der Waals surface area contributed by atoms with Crippen LogP contribution in [0.4, 0.5) is 0 Å². The third-order valence-corrected chi connectivity index (χ3v) is 6.91. The van der Waals surface area contributed by atoms with Crippen LogP contribution in [0.15, 0.2) is 29.2 Å². The summed E-state index contributed by atoms with van der Waals surface area (Å²) in [5.74, 6) is 0.241. The SMILES string of the molecule is Cc1c(S(=O)(=O)N2CCC(C(C)N)C2)c2ccccc2n1C. The van der Waals surface area contributed by atoms with Gasteiger partial charge in [-0.25, -0.2) is 8.42 Å². The van der Waals surface area contributed by atoms with Gasteiger partial charge < -0.3 is 10.3 Å². The summed E-state index contributed by atoms with van der Waals surface area (Å²) in [4.78, 5) is 0.441. The fraction of sp³-hybridized carbons (Fsp3) is 0.500. The van der Waals surface area contributed by atoms with Crippen LogP contribution in [0.3, 0.4) is 0 Å². The van der Waals surface area contributed by atoms with E-state index in [0.717, 1.165) is 23.0 Å². The van der Waals surface area contributed by atoms with Crippen molar-refractivity contribution in [1.82, 2.24) is 8.87 Å². The van der Waals surface area contributed by atoms with Gasteiger partial charge in [-0.15, -0.1) is 0 Å². The van der Waals surface area contributed by atoms with E-state index in [0.29, 0.717) is 18.0 Å². The molecule has 1 aromatic carbocycles. The molecule has 22 heavy (non-hydrogen) atoms. The van der Waals surface area contributed by atoms with E-state index in [2.05, 4.69) is 0 Å². The van der Waals surface area contributed by atoms with Crippen LogP contribution in [0.1, 0.15) is 19.0 Å². The number of para-hydroxylation sites is 1. The fourth-order valence-electron chi connectivity index (χ4n) is 3.34. The highest BCUT2D eigenvalue weighted by Crippen LogP contribution is 2.33. The Balaban J connectivity index is 2.09. The predicted octanol–water partition coefficient (Wildman–Crippen LogP) is 1.84. The minimum Gasteiger partial charge on any atom is -0.347 e. The molecule has 1 aliphatic heterocycles. The molecule has 2 aromatic rings. The van der Waals surface area contributed by atoms with Gasteiger partial charge in [0.25, 0.3) is 0 Å². The van der Waals surface area contributed by atoms with Gasteiger partial charge in [0.2, 0.25) is 10.0 Å². The minimum absolute atomic E-state index is 0.0221. The van der Waals surface area contributed by atoms with Crippen molar-refractivity contribution in [3.8, 4) is 0 Å². The molecule has 2 atom stereocenters. The van der Waals surface area contributed by atoms with Crippen LogP contribution in [-0.2, 0) is 17.1 Å². The molecule has 1 aliphatic rings. The molecule has 2 heterocycles. The van der Waals surface area contributed by atoms with E-state index >= 15 is 0 Å². The normalized spacial score (nSPS) is 21.5. The van der Waals surface area contributed by atoms with E-state index in [1.54, 1.807) is 4.31 Å². The predicted molar refractivity (Wildman–Crippen MR) is 88.2 cm³/mol. The summed E-state index contributed by atoms with van der Waals surface area (Å²) in [6.45, 7) is 4.88. The molecule has 1 aromatic heterocycles. The largest absolute Gasteiger partial charge is 0.347 e. The Labute approximate surface area is 131 Å². The highest BCUT2D eigenvalue weighted by molar-refractivity contribution is 7.89. The quantitative estimate of drug-likeness (QED) is 0.938. The summed E-state index contributed by atoms with van der Waals surface area (Å²) in [6.07, 6.45) is 0.834. The zero-order valence-electron chi connectivity index (χ0n) is 13.3. The number of benzene rings is 1. The second kappa shape index (κ2) is 5.37. The lowest BCUT2D eigenvalue weighted by Gasteiger charge is -2.18. The van der Waals surface area contributed by atoms with Crippen molar-refractivity contribution in [1.29, 1.82) is 0 Å². The van der Waals surface area contributed by atoms with Gasteiger partial charge in [-0.3, -0.25) is 0 Å². The van der Waals surface area contributed by atoms with Crippen molar-refractivity contribution in [3.63, 3.8) is 0 Å². The molecule has 0 saturated carbocycles. The molecular formula is C16H23N3O2S. The lowest BCUT2D eigenvalue weighted by Crippen LogP contribution is -2.33. The van der Waals surface area contributed by atoms with Crippen molar-refractivity contribution in [2.45, 2.75) is 31.2 Å². The summed E-state index contributed by atoms with van der Waals surface area (Å²) in [5.41, 5.74) is 7.67. The molecule has 0 spiro atoms. The van der Waals surface area contributed by atoms with Gasteiger partial charge >= 0.3 is 0 Å². The summed E-state index contributed by atoms with van der Waals surface area (Å²) in [7, 11) is -1.58. The van der Waals surface area contributed by atoms with Crippen LogP contribution in [0.2, 0.25) is 0 Å². The molecular weight excluding hydrogens is 298 g/mol. The number of hydrogen-bond acceptors (Lipinski definition) is 3. The molecule has 0 radical (unpaired) electrons. The lowest BCUT2D eigenvalue weighted by atomic mass is 10.0. The van der Waals surface area contributed by atoms with Gasteiger partial charge in [0, 0.05) is 42.8 Å². The monoisotopic (exact) mass is 321 g/mol.